The van der Waals surface area contributed by atoms with E-state index in [1.54, 1.807) is 18.2 Å². The highest BCUT2D eigenvalue weighted by Gasteiger charge is 2.30. The van der Waals surface area contributed by atoms with Crippen molar-refractivity contribution in [1.29, 1.82) is 0 Å². The molecule has 1 aliphatic carbocycles. The van der Waals surface area contributed by atoms with E-state index < -0.39 is 10.0 Å². The number of nitrogens with one attached hydrogen (secondary N) is 2. The first-order valence-electron chi connectivity index (χ1n) is 10.8. The van der Waals surface area contributed by atoms with Gasteiger partial charge in [0.25, 0.3) is 5.91 Å². The number of anilines is 3. The average Bonchev–Trinajstić information content (AvgIpc) is 2.79. The van der Waals surface area contributed by atoms with Crippen LogP contribution in [0.3, 0.4) is 0 Å². The molecule has 2 aromatic carbocycles. The first-order valence-corrected chi connectivity index (χ1v) is 14.4. The van der Waals surface area contributed by atoms with Crippen LogP contribution in [0.15, 0.2) is 47.6 Å². The van der Waals surface area contributed by atoms with Gasteiger partial charge in [-0.3, -0.25) is 9.69 Å². The molecule has 2 N–H and O–H groups in total. The van der Waals surface area contributed by atoms with Gasteiger partial charge >= 0.3 is 0 Å². The third-order valence-electron chi connectivity index (χ3n) is 5.84. The number of aryl methyl sites for hydroxylation is 1. The molecular weight excluding hydrogens is 529 g/mol. The highest BCUT2D eigenvalue weighted by molar-refractivity contribution is 7.99. The fourth-order valence-corrected chi connectivity index (χ4v) is 6.64. The van der Waals surface area contributed by atoms with E-state index in [1.165, 1.54) is 29.1 Å². The Morgan fingerprint density at radius 1 is 1.14 bits per heavy atom. The second-order valence-electron chi connectivity index (χ2n) is 8.43. The van der Waals surface area contributed by atoms with Gasteiger partial charge in [-0.05, 0) is 54.7 Å². The van der Waals surface area contributed by atoms with E-state index in [0.717, 1.165) is 29.7 Å². The zero-order valence-corrected chi connectivity index (χ0v) is 21.7. The summed E-state index contributed by atoms with van der Waals surface area (Å²) < 4.78 is 25.8. The number of amides is 1. The van der Waals surface area contributed by atoms with Crippen LogP contribution in [0.1, 0.15) is 27.9 Å². The summed E-state index contributed by atoms with van der Waals surface area (Å²) in [5.74, 6) is 0.458. The molecule has 0 fully saturated rings. The van der Waals surface area contributed by atoms with Gasteiger partial charge < -0.3 is 5.32 Å². The highest BCUT2D eigenvalue weighted by atomic mass is 35.5. The van der Waals surface area contributed by atoms with Crippen molar-refractivity contribution < 1.29 is 13.2 Å². The number of carbonyl (C=O) groups is 1. The van der Waals surface area contributed by atoms with E-state index in [4.69, 9.17) is 23.2 Å². The summed E-state index contributed by atoms with van der Waals surface area (Å²) in [4.78, 5) is 23.5. The topological polar surface area (TPSA) is 104 Å². The summed E-state index contributed by atoms with van der Waals surface area (Å²) in [6.07, 6.45) is 4.86. The van der Waals surface area contributed by atoms with E-state index in [-0.39, 0.29) is 11.9 Å². The van der Waals surface area contributed by atoms with Crippen LogP contribution in [-0.4, -0.2) is 42.5 Å². The van der Waals surface area contributed by atoms with Gasteiger partial charge in [0.15, 0.2) is 0 Å². The molecule has 1 aliphatic heterocycles. The van der Waals surface area contributed by atoms with Crippen LogP contribution < -0.4 is 14.9 Å². The minimum absolute atomic E-state index is 0.0879. The van der Waals surface area contributed by atoms with Crippen LogP contribution >= 0.6 is 35.0 Å². The first kappa shape index (κ1) is 24.3. The molecule has 0 saturated carbocycles. The maximum absolute atomic E-state index is 13.1. The lowest BCUT2D eigenvalue weighted by molar-refractivity contribution is 0.0985. The zero-order chi connectivity index (χ0) is 24.7. The third-order valence-corrected chi connectivity index (χ3v) is 8.18. The van der Waals surface area contributed by atoms with Crippen molar-refractivity contribution in [2.45, 2.75) is 30.3 Å². The number of sulfonamides is 1. The molecule has 2 heterocycles. The molecule has 0 spiro atoms. The predicted octanol–water partition coefficient (Wildman–Crippen LogP) is 4.64. The molecule has 0 bridgehead atoms. The average molecular weight is 550 g/mol. The number of thioether (sulfide) groups is 1. The second kappa shape index (κ2) is 9.59. The number of rotatable bonds is 5. The molecule has 182 valence electrons. The molecule has 2 aliphatic rings. The molecule has 0 saturated heterocycles. The molecular formula is C23H21Cl2N5O3S2. The Balaban J connectivity index is 1.32. The monoisotopic (exact) mass is 549 g/mol. The van der Waals surface area contributed by atoms with Crippen molar-refractivity contribution in [1.82, 2.24) is 14.7 Å². The molecule has 35 heavy (non-hydrogen) atoms. The van der Waals surface area contributed by atoms with Gasteiger partial charge in [0, 0.05) is 17.9 Å². The van der Waals surface area contributed by atoms with Crippen molar-refractivity contribution in [3.8, 4) is 0 Å². The maximum Gasteiger partial charge on any atom is 0.263 e. The zero-order valence-electron chi connectivity index (χ0n) is 18.6. The molecule has 3 aromatic rings. The van der Waals surface area contributed by atoms with Crippen LogP contribution in [-0.2, 0) is 22.9 Å². The largest absolute Gasteiger partial charge is 0.324 e. The van der Waals surface area contributed by atoms with Crippen molar-refractivity contribution in [2.75, 3.05) is 22.3 Å². The summed E-state index contributed by atoms with van der Waals surface area (Å²) in [6, 6.07) is 11.0. The number of nitrogens with zero attached hydrogens (tertiary/aromatic N) is 3. The second-order valence-corrected chi connectivity index (χ2v) is 12.0. The summed E-state index contributed by atoms with van der Waals surface area (Å²) in [6.45, 7) is 0. The molecule has 0 radical (unpaired) electrons. The Hall–Kier alpha value is -2.37. The van der Waals surface area contributed by atoms with Crippen LogP contribution in [0.25, 0.3) is 0 Å². The van der Waals surface area contributed by atoms with Crippen LogP contribution in [0.2, 0.25) is 10.0 Å². The van der Waals surface area contributed by atoms with Crippen LogP contribution in [0, 0.1) is 0 Å². The lowest BCUT2D eigenvalue weighted by Crippen LogP contribution is -2.38. The Kier molecular flexibility index (Phi) is 6.67. The fourth-order valence-electron chi connectivity index (χ4n) is 4.29. The van der Waals surface area contributed by atoms with Gasteiger partial charge in [-0.1, -0.05) is 47.1 Å². The highest BCUT2D eigenvalue weighted by Crippen LogP contribution is 2.39. The van der Waals surface area contributed by atoms with Gasteiger partial charge in [-0.25, -0.2) is 23.1 Å². The molecule has 5 rings (SSSR count). The normalized spacial score (nSPS) is 17.6. The Morgan fingerprint density at radius 3 is 2.66 bits per heavy atom. The van der Waals surface area contributed by atoms with Gasteiger partial charge in [0.05, 0.1) is 33.4 Å². The maximum atomic E-state index is 13.1. The standard InChI is InChI=1S/C23H21Cl2N5O3S2/c1-35(32,33)29-16-8-6-13-9-15(7-5-14(13)10-16)27-23-26-11-17-21(28-23)34-12-30(22(17)31)20-18(24)3-2-4-19(20)25/h2-5,7,9,11,16,29H,6,8,10,12H2,1H3,(H,26,27,28). The SMILES string of the molecule is CS(=O)(=O)NC1CCc2cc(Nc3ncc4c(n3)SCN(c3c(Cl)cccc3Cl)C4=O)ccc2C1. The van der Waals surface area contributed by atoms with Crippen LogP contribution in [0.5, 0.6) is 0 Å². The lowest BCUT2D eigenvalue weighted by Gasteiger charge is -2.28. The van der Waals surface area contributed by atoms with E-state index in [0.29, 0.717) is 44.6 Å². The number of fused-ring (bicyclic) bond motifs is 2. The quantitative estimate of drug-likeness (QED) is 0.446. The van der Waals surface area contributed by atoms with E-state index in [9.17, 15) is 13.2 Å². The first-order chi connectivity index (χ1) is 16.7. The number of hydrogen-bond donors (Lipinski definition) is 2. The summed E-state index contributed by atoms with van der Waals surface area (Å²) >= 11 is 14.0. The smallest absolute Gasteiger partial charge is 0.263 e. The molecule has 12 heteroatoms. The fraction of sp³-hybridized carbons (Fsp3) is 0.261. The van der Waals surface area contributed by atoms with Crippen molar-refractivity contribution in [2.24, 2.45) is 0 Å². The summed E-state index contributed by atoms with van der Waals surface area (Å²) in [5.41, 5.74) is 3.97. The number of hydrogen-bond acceptors (Lipinski definition) is 7. The van der Waals surface area contributed by atoms with E-state index in [1.807, 2.05) is 18.2 Å². The van der Waals surface area contributed by atoms with Gasteiger partial charge in [0.2, 0.25) is 16.0 Å². The number of carbonyl (C=O) groups excluding carboxylic acids is 1. The number of benzene rings is 2. The predicted molar refractivity (Wildman–Crippen MR) is 140 cm³/mol. The number of para-hydroxylation sites is 1. The van der Waals surface area contributed by atoms with Gasteiger partial charge in [-0.15, -0.1) is 0 Å². The van der Waals surface area contributed by atoms with Crippen molar-refractivity contribution in [3.05, 3.63) is 69.3 Å². The number of halogens is 2. The molecule has 1 amide bonds. The third kappa shape index (κ3) is 5.26. The van der Waals surface area contributed by atoms with Crippen molar-refractivity contribution >= 4 is 68.2 Å². The molecule has 1 unspecified atom stereocenters. The Labute approximate surface area is 217 Å². The summed E-state index contributed by atoms with van der Waals surface area (Å²) in [7, 11) is -3.23. The van der Waals surface area contributed by atoms with Gasteiger partial charge in [-0.2, -0.15) is 0 Å². The minimum Gasteiger partial charge on any atom is -0.324 e. The Bertz CT molecular complexity index is 1410. The molecule has 8 nitrogen and oxygen atoms in total. The van der Waals surface area contributed by atoms with Crippen molar-refractivity contribution in [3.63, 3.8) is 0 Å². The van der Waals surface area contributed by atoms with Crippen LogP contribution in [0.4, 0.5) is 17.3 Å². The molecule has 1 atom stereocenters. The van der Waals surface area contributed by atoms with Gasteiger partial charge in [0.1, 0.15) is 5.03 Å². The van der Waals surface area contributed by atoms with E-state index >= 15 is 0 Å². The minimum atomic E-state index is -3.23. The van der Waals surface area contributed by atoms with E-state index in [2.05, 4.69) is 20.0 Å². The summed E-state index contributed by atoms with van der Waals surface area (Å²) in [5, 5.41) is 4.60. The molecule has 1 aromatic heterocycles. The Morgan fingerprint density at radius 2 is 1.91 bits per heavy atom. The number of aromatic nitrogens is 2. The lowest BCUT2D eigenvalue weighted by atomic mass is 9.88.